The molecule has 0 nitrogen and oxygen atoms in total. The SMILES string of the molecule is CCCC1CCC(CSc2ccc3cc(Br)ccc3c2)CC1. The van der Waals surface area contributed by atoms with Crippen molar-refractivity contribution < 1.29 is 0 Å². The van der Waals surface area contributed by atoms with E-state index in [-0.39, 0.29) is 0 Å². The first-order valence-electron chi connectivity index (χ1n) is 8.56. The van der Waals surface area contributed by atoms with E-state index in [2.05, 4.69) is 59.3 Å². The van der Waals surface area contributed by atoms with E-state index in [9.17, 15) is 0 Å². The third-order valence-corrected chi connectivity index (χ3v) is 6.64. The highest BCUT2D eigenvalue weighted by Crippen LogP contribution is 2.35. The standard InChI is InChI=1S/C20H25BrS/c1-2-3-15-4-6-16(7-5-15)14-22-20-11-9-17-12-19(21)10-8-18(17)13-20/h8-13,15-16H,2-7,14H2,1H3. The van der Waals surface area contributed by atoms with Crippen LogP contribution in [0.15, 0.2) is 45.8 Å². The second kappa shape index (κ2) is 7.88. The van der Waals surface area contributed by atoms with E-state index in [1.165, 1.54) is 59.9 Å². The average molecular weight is 377 g/mol. The molecular weight excluding hydrogens is 352 g/mol. The fourth-order valence-electron chi connectivity index (χ4n) is 3.59. The largest absolute Gasteiger partial charge is 0.126 e. The predicted octanol–water partition coefficient (Wildman–Crippen LogP) is 7.30. The molecule has 0 radical (unpaired) electrons. The Hall–Kier alpha value is -0.470. The summed E-state index contributed by atoms with van der Waals surface area (Å²) in [4.78, 5) is 1.42. The Morgan fingerprint density at radius 3 is 2.41 bits per heavy atom. The quantitative estimate of drug-likeness (QED) is 0.493. The summed E-state index contributed by atoms with van der Waals surface area (Å²) in [7, 11) is 0. The van der Waals surface area contributed by atoms with Gasteiger partial charge in [0, 0.05) is 15.1 Å². The molecule has 2 aromatic rings. The summed E-state index contributed by atoms with van der Waals surface area (Å²) < 4.78 is 1.16. The van der Waals surface area contributed by atoms with Crippen molar-refractivity contribution in [2.75, 3.05) is 5.75 Å². The molecule has 2 aromatic carbocycles. The zero-order chi connectivity index (χ0) is 15.4. The van der Waals surface area contributed by atoms with Crippen LogP contribution in [0.25, 0.3) is 10.8 Å². The molecule has 0 aliphatic heterocycles. The molecule has 0 bridgehead atoms. The van der Waals surface area contributed by atoms with Crippen molar-refractivity contribution in [2.24, 2.45) is 11.8 Å². The Morgan fingerprint density at radius 2 is 1.64 bits per heavy atom. The zero-order valence-corrected chi connectivity index (χ0v) is 15.8. The Balaban J connectivity index is 1.55. The van der Waals surface area contributed by atoms with Gasteiger partial charge in [0.25, 0.3) is 0 Å². The lowest BCUT2D eigenvalue weighted by molar-refractivity contribution is 0.279. The number of hydrogen-bond donors (Lipinski definition) is 0. The molecule has 0 spiro atoms. The lowest BCUT2D eigenvalue weighted by atomic mass is 9.81. The molecule has 118 valence electrons. The van der Waals surface area contributed by atoms with E-state index >= 15 is 0 Å². The van der Waals surface area contributed by atoms with Crippen LogP contribution in [0.5, 0.6) is 0 Å². The molecule has 0 unspecified atom stereocenters. The fraction of sp³-hybridized carbons (Fsp3) is 0.500. The third-order valence-electron chi connectivity index (χ3n) is 4.92. The van der Waals surface area contributed by atoms with Crippen LogP contribution in [0, 0.1) is 11.8 Å². The van der Waals surface area contributed by atoms with Crippen molar-refractivity contribution in [1.82, 2.24) is 0 Å². The number of fused-ring (bicyclic) bond motifs is 1. The maximum Gasteiger partial charge on any atom is 0.0181 e. The van der Waals surface area contributed by atoms with Gasteiger partial charge in [-0.25, -0.2) is 0 Å². The van der Waals surface area contributed by atoms with E-state index in [1.807, 2.05) is 11.8 Å². The average Bonchev–Trinajstić information content (AvgIpc) is 2.54. The molecular formula is C20H25BrS. The maximum atomic E-state index is 3.54. The van der Waals surface area contributed by atoms with Crippen LogP contribution >= 0.6 is 27.7 Å². The summed E-state index contributed by atoms with van der Waals surface area (Å²) in [5.41, 5.74) is 0. The van der Waals surface area contributed by atoms with Crippen LogP contribution in [0.1, 0.15) is 45.4 Å². The van der Waals surface area contributed by atoms with Gasteiger partial charge in [0.05, 0.1) is 0 Å². The summed E-state index contributed by atoms with van der Waals surface area (Å²) in [5.74, 6) is 3.24. The lowest BCUT2D eigenvalue weighted by Crippen LogP contribution is -2.16. The smallest absolute Gasteiger partial charge is 0.0181 e. The van der Waals surface area contributed by atoms with E-state index < -0.39 is 0 Å². The van der Waals surface area contributed by atoms with Crippen molar-refractivity contribution in [2.45, 2.75) is 50.3 Å². The van der Waals surface area contributed by atoms with Crippen LogP contribution in [0.4, 0.5) is 0 Å². The molecule has 1 fully saturated rings. The summed E-state index contributed by atoms with van der Waals surface area (Å²) in [6.07, 6.45) is 8.61. The minimum absolute atomic E-state index is 0.929. The number of hydrogen-bond acceptors (Lipinski definition) is 1. The van der Waals surface area contributed by atoms with Gasteiger partial charge in [0.1, 0.15) is 0 Å². The van der Waals surface area contributed by atoms with Gasteiger partial charge in [0.2, 0.25) is 0 Å². The Labute approximate surface area is 147 Å². The Bertz CT molecular complexity index is 614. The van der Waals surface area contributed by atoms with Gasteiger partial charge in [-0.1, -0.05) is 60.7 Å². The molecule has 0 aromatic heterocycles. The van der Waals surface area contributed by atoms with Gasteiger partial charge in [-0.05, 0) is 59.7 Å². The molecule has 0 N–H and O–H groups in total. The third kappa shape index (κ3) is 4.29. The molecule has 0 saturated heterocycles. The van der Waals surface area contributed by atoms with Gasteiger partial charge >= 0.3 is 0 Å². The predicted molar refractivity (Wildman–Crippen MR) is 103 cm³/mol. The van der Waals surface area contributed by atoms with Gasteiger partial charge in [0.15, 0.2) is 0 Å². The number of benzene rings is 2. The van der Waals surface area contributed by atoms with Crippen molar-refractivity contribution >= 4 is 38.5 Å². The van der Waals surface area contributed by atoms with Crippen LogP contribution in [0.3, 0.4) is 0 Å². The molecule has 1 saturated carbocycles. The molecule has 2 heteroatoms. The normalized spacial score (nSPS) is 22.1. The van der Waals surface area contributed by atoms with Gasteiger partial charge in [-0.3, -0.25) is 0 Å². The molecule has 0 amide bonds. The molecule has 1 aliphatic rings. The van der Waals surface area contributed by atoms with Crippen LogP contribution in [0.2, 0.25) is 0 Å². The van der Waals surface area contributed by atoms with E-state index in [4.69, 9.17) is 0 Å². The molecule has 3 rings (SSSR count). The van der Waals surface area contributed by atoms with Gasteiger partial charge in [-0.2, -0.15) is 0 Å². The number of rotatable bonds is 5. The first kappa shape index (κ1) is 16.4. The fourth-order valence-corrected chi connectivity index (χ4v) is 5.11. The monoisotopic (exact) mass is 376 g/mol. The van der Waals surface area contributed by atoms with Crippen LogP contribution in [-0.2, 0) is 0 Å². The molecule has 0 atom stereocenters. The minimum Gasteiger partial charge on any atom is -0.126 e. The highest BCUT2D eigenvalue weighted by atomic mass is 79.9. The van der Waals surface area contributed by atoms with Crippen molar-refractivity contribution in [3.05, 3.63) is 40.9 Å². The highest BCUT2D eigenvalue weighted by molar-refractivity contribution is 9.10. The molecule has 0 heterocycles. The summed E-state index contributed by atoms with van der Waals surface area (Å²) >= 11 is 5.59. The first-order chi connectivity index (χ1) is 10.7. The van der Waals surface area contributed by atoms with E-state index in [0.29, 0.717) is 0 Å². The first-order valence-corrected chi connectivity index (χ1v) is 10.3. The summed E-state index contributed by atoms with van der Waals surface area (Å²) in [6, 6.07) is 13.4. The topological polar surface area (TPSA) is 0 Å². The van der Waals surface area contributed by atoms with E-state index in [0.717, 1.165) is 16.3 Å². The van der Waals surface area contributed by atoms with Crippen molar-refractivity contribution in [3.63, 3.8) is 0 Å². The van der Waals surface area contributed by atoms with Gasteiger partial charge in [-0.15, -0.1) is 11.8 Å². The van der Waals surface area contributed by atoms with Gasteiger partial charge < -0.3 is 0 Å². The second-order valence-corrected chi connectivity index (χ2v) is 8.65. The van der Waals surface area contributed by atoms with Crippen LogP contribution in [-0.4, -0.2) is 5.75 Å². The second-order valence-electron chi connectivity index (χ2n) is 6.64. The minimum atomic E-state index is 0.929. The zero-order valence-electron chi connectivity index (χ0n) is 13.4. The van der Waals surface area contributed by atoms with Crippen molar-refractivity contribution in [1.29, 1.82) is 0 Å². The van der Waals surface area contributed by atoms with Crippen molar-refractivity contribution in [3.8, 4) is 0 Å². The Morgan fingerprint density at radius 1 is 0.955 bits per heavy atom. The molecule has 1 aliphatic carbocycles. The maximum absolute atomic E-state index is 3.54. The number of halogens is 1. The molecule has 22 heavy (non-hydrogen) atoms. The number of thioether (sulfide) groups is 1. The summed E-state index contributed by atoms with van der Waals surface area (Å²) in [6.45, 7) is 2.32. The highest BCUT2D eigenvalue weighted by Gasteiger charge is 2.20. The van der Waals surface area contributed by atoms with Crippen LogP contribution < -0.4 is 0 Å². The summed E-state index contributed by atoms with van der Waals surface area (Å²) in [5, 5.41) is 2.67. The Kier molecular flexibility index (Phi) is 5.87. The van der Waals surface area contributed by atoms with E-state index in [1.54, 1.807) is 0 Å². The lowest BCUT2D eigenvalue weighted by Gasteiger charge is -2.28.